The van der Waals surface area contributed by atoms with E-state index in [0.717, 1.165) is 11.1 Å². The highest BCUT2D eigenvalue weighted by Gasteiger charge is 2.11. The maximum Gasteiger partial charge on any atom is 0.175 e. The monoisotopic (exact) mass is 291 g/mol. The lowest BCUT2D eigenvalue weighted by atomic mass is 10.1. The number of aryl methyl sites for hydroxylation is 1. The van der Waals surface area contributed by atoms with Gasteiger partial charge in [0.15, 0.2) is 9.84 Å². The summed E-state index contributed by atoms with van der Waals surface area (Å²) in [6.07, 6.45) is 1.17. The fraction of sp³-hybridized carbons (Fsp3) is 0.200. The average Bonchev–Trinajstić information content (AvgIpc) is 2.40. The van der Waals surface area contributed by atoms with Gasteiger partial charge in [-0.15, -0.1) is 0 Å². The Balaban J connectivity index is 2.41. The van der Waals surface area contributed by atoms with Gasteiger partial charge in [-0.1, -0.05) is 24.3 Å². The van der Waals surface area contributed by atoms with Crippen molar-refractivity contribution in [1.82, 2.24) is 0 Å². The molecule has 0 radical (unpaired) electrons. The smallest absolute Gasteiger partial charge is 0.175 e. The van der Waals surface area contributed by atoms with E-state index in [0.29, 0.717) is 18.0 Å². The van der Waals surface area contributed by atoms with Crippen molar-refractivity contribution >= 4 is 9.84 Å². The third-order valence-electron chi connectivity index (χ3n) is 2.97. The van der Waals surface area contributed by atoms with Crippen LogP contribution in [0.4, 0.5) is 0 Å². The molecule has 0 unspecified atom stereocenters. The molecule has 0 aliphatic carbocycles. The SMILES string of the molecule is Cc1cccc(CN)c1Oc1cccc(S(C)(=O)=O)c1. The zero-order chi connectivity index (χ0) is 14.8. The van der Waals surface area contributed by atoms with E-state index in [-0.39, 0.29) is 4.90 Å². The molecule has 0 heterocycles. The van der Waals surface area contributed by atoms with Crippen molar-refractivity contribution in [2.45, 2.75) is 18.4 Å². The summed E-state index contributed by atoms with van der Waals surface area (Å²) in [5.41, 5.74) is 7.54. The third kappa shape index (κ3) is 3.18. The van der Waals surface area contributed by atoms with Gasteiger partial charge < -0.3 is 10.5 Å². The van der Waals surface area contributed by atoms with Gasteiger partial charge in [-0.2, -0.15) is 0 Å². The molecule has 106 valence electrons. The van der Waals surface area contributed by atoms with Crippen LogP contribution in [0.1, 0.15) is 11.1 Å². The Morgan fingerprint density at radius 1 is 1.15 bits per heavy atom. The first kappa shape index (κ1) is 14.6. The van der Waals surface area contributed by atoms with Crippen LogP contribution < -0.4 is 10.5 Å². The molecule has 0 aliphatic rings. The van der Waals surface area contributed by atoms with Crippen molar-refractivity contribution in [1.29, 1.82) is 0 Å². The highest BCUT2D eigenvalue weighted by molar-refractivity contribution is 7.90. The quantitative estimate of drug-likeness (QED) is 0.940. The van der Waals surface area contributed by atoms with Gasteiger partial charge in [0.2, 0.25) is 0 Å². The lowest BCUT2D eigenvalue weighted by molar-refractivity contribution is 0.471. The Kier molecular flexibility index (Phi) is 4.11. The average molecular weight is 291 g/mol. The number of hydrogen-bond acceptors (Lipinski definition) is 4. The van der Waals surface area contributed by atoms with Gasteiger partial charge in [0, 0.05) is 18.4 Å². The largest absolute Gasteiger partial charge is 0.457 e. The highest BCUT2D eigenvalue weighted by Crippen LogP contribution is 2.29. The molecule has 0 fully saturated rings. The molecular weight excluding hydrogens is 274 g/mol. The molecule has 2 rings (SSSR count). The molecule has 0 aliphatic heterocycles. The van der Waals surface area contributed by atoms with E-state index in [1.807, 2.05) is 25.1 Å². The minimum Gasteiger partial charge on any atom is -0.457 e. The van der Waals surface area contributed by atoms with Gasteiger partial charge in [-0.3, -0.25) is 0 Å². The molecule has 0 amide bonds. The van der Waals surface area contributed by atoms with Crippen LogP contribution in [-0.2, 0) is 16.4 Å². The molecule has 0 spiro atoms. The second kappa shape index (κ2) is 5.64. The fourth-order valence-electron chi connectivity index (χ4n) is 1.91. The predicted molar refractivity (Wildman–Crippen MR) is 78.7 cm³/mol. The molecule has 0 atom stereocenters. The molecule has 0 saturated heterocycles. The maximum absolute atomic E-state index is 11.6. The second-order valence-corrected chi connectivity index (χ2v) is 6.63. The van der Waals surface area contributed by atoms with E-state index in [1.54, 1.807) is 18.2 Å². The van der Waals surface area contributed by atoms with E-state index in [4.69, 9.17) is 10.5 Å². The molecule has 5 heteroatoms. The molecule has 4 nitrogen and oxygen atoms in total. The minimum atomic E-state index is -3.25. The van der Waals surface area contributed by atoms with Crippen LogP contribution in [0.5, 0.6) is 11.5 Å². The predicted octanol–water partition coefficient (Wildman–Crippen LogP) is 2.65. The van der Waals surface area contributed by atoms with E-state index < -0.39 is 9.84 Å². The molecule has 0 saturated carbocycles. The van der Waals surface area contributed by atoms with Gasteiger partial charge in [-0.05, 0) is 30.7 Å². The van der Waals surface area contributed by atoms with Crippen molar-refractivity contribution < 1.29 is 13.2 Å². The fourth-order valence-corrected chi connectivity index (χ4v) is 2.56. The molecule has 2 aromatic rings. The van der Waals surface area contributed by atoms with E-state index in [1.165, 1.54) is 12.3 Å². The van der Waals surface area contributed by atoms with Crippen LogP contribution in [0.3, 0.4) is 0 Å². The Morgan fingerprint density at radius 3 is 2.50 bits per heavy atom. The summed E-state index contributed by atoms with van der Waals surface area (Å²) in [7, 11) is -3.25. The zero-order valence-corrected chi connectivity index (χ0v) is 12.3. The van der Waals surface area contributed by atoms with Crippen LogP contribution in [0.25, 0.3) is 0 Å². The minimum absolute atomic E-state index is 0.234. The summed E-state index contributed by atoms with van der Waals surface area (Å²) in [6.45, 7) is 2.29. The Morgan fingerprint density at radius 2 is 1.85 bits per heavy atom. The van der Waals surface area contributed by atoms with Crippen LogP contribution >= 0.6 is 0 Å². The second-order valence-electron chi connectivity index (χ2n) is 4.62. The number of benzene rings is 2. The van der Waals surface area contributed by atoms with Crippen molar-refractivity contribution in [3.63, 3.8) is 0 Å². The number of hydrogen-bond donors (Lipinski definition) is 1. The van der Waals surface area contributed by atoms with Gasteiger partial charge in [0.25, 0.3) is 0 Å². The van der Waals surface area contributed by atoms with E-state index in [9.17, 15) is 8.42 Å². The number of ether oxygens (including phenoxy) is 1. The van der Waals surface area contributed by atoms with Crippen molar-refractivity contribution in [2.75, 3.05) is 6.26 Å². The Hall–Kier alpha value is -1.85. The van der Waals surface area contributed by atoms with Gasteiger partial charge in [0.05, 0.1) is 4.90 Å². The summed E-state index contributed by atoms with van der Waals surface area (Å²) in [5.74, 6) is 1.16. The maximum atomic E-state index is 11.6. The van der Waals surface area contributed by atoms with Crippen molar-refractivity contribution in [2.24, 2.45) is 5.73 Å². The summed E-state index contributed by atoms with van der Waals surface area (Å²) >= 11 is 0. The molecular formula is C15H17NO3S. The molecule has 2 N–H and O–H groups in total. The first-order valence-electron chi connectivity index (χ1n) is 6.18. The highest BCUT2D eigenvalue weighted by atomic mass is 32.2. The van der Waals surface area contributed by atoms with E-state index >= 15 is 0 Å². The Labute approximate surface area is 119 Å². The first-order chi connectivity index (χ1) is 9.41. The van der Waals surface area contributed by atoms with Crippen LogP contribution in [0, 0.1) is 6.92 Å². The van der Waals surface area contributed by atoms with Crippen LogP contribution in [-0.4, -0.2) is 14.7 Å². The summed E-state index contributed by atoms with van der Waals surface area (Å²) in [6, 6.07) is 12.2. The lowest BCUT2D eigenvalue weighted by Crippen LogP contribution is -2.01. The normalized spacial score (nSPS) is 11.3. The van der Waals surface area contributed by atoms with Crippen LogP contribution in [0.2, 0.25) is 0 Å². The third-order valence-corrected chi connectivity index (χ3v) is 4.08. The Bertz CT molecular complexity index is 724. The molecule has 20 heavy (non-hydrogen) atoms. The number of sulfone groups is 1. The standard InChI is InChI=1S/C15H17NO3S/c1-11-5-3-6-12(10-16)15(11)19-13-7-4-8-14(9-13)20(2,17)18/h3-9H,10,16H2,1-2H3. The summed E-state index contributed by atoms with van der Waals surface area (Å²) in [4.78, 5) is 0.234. The van der Waals surface area contributed by atoms with Crippen molar-refractivity contribution in [3.8, 4) is 11.5 Å². The van der Waals surface area contributed by atoms with Crippen molar-refractivity contribution in [3.05, 3.63) is 53.6 Å². The number of rotatable bonds is 4. The van der Waals surface area contributed by atoms with E-state index in [2.05, 4.69) is 0 Å². The van der Waals surface area contributed by atoms with Gasteiger partial charge in [0.1, 0.15) is 11.5 Å². The number of para-hydroxylation sites is 1. The first-order valence-corrected chi connectivity index (χ1v) is 8.07. The van der Waals surface area contributed by atoms with Crippen LogP contribution in [0.15, 0.2) is 47.4 Å². The number of nitrogens with two attached hydrogens (primary N) is 1. The molecule has 0 aromatic heterocycles. The molecule has 0 bridgehead atoms. The van der Waals surface area contributed by atoms with Gasteiger partial charge in [-0.25, -0.2) is 8.42 Å². The summed E-state index contributed by atoms with van der Waals surface area (Å²) in [5, 5.41) is 0. The van der Waals surface area contributed by atoms with Gasteiger partial charge >= 0.3 is 0 Å². The lowest BCUT2D eigenvalue weighted by Gasteiger charge is -2.13. The zero-order valence-electron chi connectivity index (χ0n) is 11.5. The topological polar surface area (TPSA) is 69.4 Å². The summed E-state index contributed by atoms with van der Waals surface area (Å²) < 4.78 is 28.9. The molecule has 2 aromatic carbocycles.